The molecule has 0 saturated heterocycles. The van der Waals surface area contributed by atoms with Gasteiger partial charge in [0.25, 0.3) is 0 Å². The number of sulfonamides is 1. The predicted octanol–water partition coefficient (Wildman–Crippen LogP) is 2.72. The highest BCUT2D eigenvalue weighted by molar-refractivity contribution is 7.89. The molecule has 0 heterocycles. The molecule has 0 aliphatic rings. The van der Waals surface area contributed by atoms with Crippen LogP contribution in [0.1, 0.15) is 18.4 Å². The summed E-state index contributed by atoms with van der Waals surface area (Å²) < 4.78 is 52.4. The van der Waals surface area contributed by atoms with Crippen LogP contribution in [0.15, 0.2) is 53.4 Å². The highest BCUT2D eigenvalue weighted by Gasteiger charge is 2.17. The minimum atomic E-state index is -4.00. The molecule has 146 valence electrons. The van der Waals surface area contributed by atoms with Gasteiger partial charge in [-0.05, 0) is 36.6 Å². The van der Waals surface area contributed by atoms with Crippen molar-refractivity contribution >= 4 is 15.9 Å². The quantitative estimate of drug-likeness (QED) is 0.709. The van der Waals surface area contributed by atoms with Crippen LogP contribution < -0.4 is 4.72 Å². The number of hydrogen-bond acceptors (Lipinski definition) is 3. The monoisotopic (exact) mass is 396 g/mol. The zero-order chi connectivity index (χ0) is 19.9. The summed E-state index contributed by atoms with van der Waals surface area (Å²) in [5, 5.41) is 0. The number of carbonyl (C=O) groups is 1. The van der Waals surface area contributed by atoms with Gasteiger partial charge < -0.3 is 4.90 Å². The van der Waals surface area contributed by atoms with Crippen molar-refractivity contribution in [1.82, 2.24) is 9.62 Å². The van der Waals surface area contributed by atoms with Crippen LogP contribution in [0.4, 0.5) is 8.78 Å². The summed E-state index contributed by atoms with van der Waals surface area (Å²) in [6.07, 6.45) is 1.62. The van der Waals surface area contributed by atoms with E-state index in [1.54, 1.807) is 11.9 Å². The SMILES string of the molecule is CN(CCCc1ccccc1)C(=O)CCNS(=O)(=O)c1ccc(F)c(F)c1. The fraction of sp³-hybridized carbons (Fsp3) is 0.316. The lowest BCUT2D eigenvalue weighted by molar-refractivity contribution is -0.129. The maximum absolute atomic E-state index is 13.2. The average Bonchev–Trinajstić information content (AvgIpc) is 2.64. The molecule has 0 aromatic heterocycles. The van der Waals surface area contributed by atoms with Crippen LogP contribution in [-0.2, 0) is 21.2 Å². The van der Waals surface area contributed by atoms with Gasteiger partial charge in [-0.3, -0.25) is 4.79 Å². The van der Waals surface area contributed by atoms with Crippen molar-refractivity contribution in [3.05, 3.63) is 65.7 Å². The second-order valence-electron chi connectivity index (χ2n) is 6.13. The van der Waals surface area contributed by atoms with Gasteiger partial charge in [0.2, 0.25) is 15.9 Å². The number of hydrogen-bond donors (Lipinski definition) is 1. The van der Waals surface area contributed by atoms with E-state index in [1.165, 1.54) is 5.56 Å². The number of benzene rings is 2. The van der Waals surface area contributed by atoms with Crippen LogP contribution in [0.5, 0.6) is 0 Å². The van der Waals surface area contributed by atoms with Crippen molar-refractivity contribution in [3.8, 4) is 0 Å². The molecular formula is C19H22F2N2O3S. The summed E-state index contributed by atoms with van der Waals surface area (Å²) in [5.74, 6) is -2.57. The first kappa shape index (κ1) is 21.0. The smallest absolute Gasteiger partial charge is 0.240 e. The second kappa shape index (κ2) is 9.57. The van der Waals surface area contributed by atoms with E-state index in [2.05, 4.69) is 4.72 Å². The van der Waals surface area contributed by atoms with Crippen LogP contribution in [0.2, 0.25) is 0 Å². The number of amides is 1. The molecule has 0 unspecified atom stereocenters. The summed E-state index contributed by atoms with van der Waals surface area (Å²) in [7, 11) is -2.34. The Balaban J connectivity index is 1.76. The van der Waals surface area contributed by atoms with Crippen molar-refractivity contribution in [1.29, 1.82) is 0 Å². The van der Waals surface area contributed by atoms with Crippen molar-refractivity contribution in [2.24, 2.45) is 0 Å². The number of aryl methyl sites for hydroxylation is 1. The minimum Gasteiger partial charge on any atom is -0.346 e. The fourth-order valence-corrected chi connectivity index (χ4v) is 3.54. The Kier molecular flexibility index (Phi) is 7.44. The molecule has 0 radical (unpaired) electrons. The molecule has 1 amide bonds. The van der Waals surface area contributed by atoms with E-state index in [-0.39, 0.29) is 23.8 Å². The van der Waals surface area contributed by atoms with E-state index in [4.69, 9.17) is 0 Å². The standard InChI is InChI=1S/C19H22F2N2O3S/c1-23(13-5-8-15-6-3-2-4-7-15)19(24)11-12-22-27(25,26)16-9-10-17(20)18(21)14-16/h2-4,6-7,9-10,14,22H,5,8,11-13H2,1H3. The van der Waals surface area contributed by atoms with E-state index < -0.39 is 21.7 Å². The largest absolute Gasteiger partial charge is 0.346 e. The zero-order valence-electron chi connectivity index (χ0n) is 15.0. The predicted molar refractivity (Wildman–Crippen MR) is 98.6 cm³/mol. The molecule has 5 nitrogen and oxygen atoms in total. The van der Waals surface area contributed by atoms with Gasteiger partial charge in [0.05, 0.1) is 4.90 Å². The normalized spacial score (nSPS) is 11.4. The summed E-state index contributed by atoms with van der Waals surface area (Å²) in [5.41, 5.74) is 1.19. The molecular weight excluding hydrogens is 374 g/mol. The van der Waals surface area contributed by atoms with Gasteiger partial charge in [-0.1, -0.05) is 30.3 Å². The lowest BCUT2D eigenvalue weighted by atomic mass is 10.1. The molecule has 0 bridgehead atoms. The lowest BCUT2D eigenvalue weighted by Gasteiger charge is -2.17. The van der Waals surface area contributed by atoms with Gasteiger partial charge in [-0.15, -0.1) is 0 Å². The number of nitrogens with zero attached hydrogens (tertiary/aromatic N) is 1. The Morgan fingerprint density at radius 2 is 1.78 bits per heavy atom. The Morgan fingerprint density at radius 3 is 2.44 bits per heavy atom. The molecule has 1 N–H and O–H groups in total. The third-order valence-electron chi connectivity index (χ3n) is 4.06. The molecule has 0 aliphatic carbocycles. The Labute approximate surface area is 158 Å². The molecule has 27 heavy (non-hydrogen) atoms. The van der Waals surface area contributed by atoms with Gasteiger partial charge in [-0.2, -0.15) is 0 Å². The van der Waals surface area contributed by atoms with Gasteiger partial charge in [0.1, 0.15) is 0 Å². The summed E-state index contributed by atoms with van der Waals surface area (Å²) >= 11 is 0. The highest BCUT2D eigenvalue weighted by atomic mass is 32.2. The minimum absolute atomic E-state index is 0.0231. The van der Waals surface area contributed by atoms with Gasteiger partial charge in [-0.25, -0.2) is 21.9 Å². The van der Waals surface area contributed by atoms with Crippen molar-refractivity contribution < 1.29 is 22.0 Å². The third kappa shape index (κ3) is 6.41. The second-order valence-corrected chi connectivity index (χ2v) is 7.90. The maximum atomic E-state index is 13.2. The molecule has 8 heteroatoms. The Morgan fingerprint density at radius 1 is 1.07 bits per heavy atom. The Bertz CT molecular complexity index is 874. The van der Waals surface area contributed by atoms with Crippen LogP contribution >= 0.6 is 0 Å². The zero-order valence-corrected chi connectivity index (χ0v) is 15.8. The van der Waals surface area contributed by atoms with Crippen molar-refractivity contribution in [2.75, 3.05) is 20.1 Å². The molecule has 0 atom stereocenters. The van der Waals surface area contributed by atoms with E-state index >= 15 is 0 Å². The molecule has 0 fully saturated rings. The highest BCUT2D eigenvalue weighted by Crippen LogP contribution is 2.13. The molecule has 0 aliphatic heterocycles. The van der Waals surface area contributed by atoms with Gasteiger partial charge in [0, 0.05) is 26.6 Å². The Hall–Kier alpha value is -2.32. The van der Waals surface area contributed by atoms with E-state index in [9.17, 15) is 22.0 Å². The molecule has 2 aromatic carbocycles. The summed E-state index contributed by atoms with van der Waals surface area (Å²) in [4.78, 5) is 13.3. The average molecular weight is 396 g/mol. The van der Waals surface area contributed by atoms with Crippen LogP contribution in [0, 0.1) is 11.6 Å². The summed E-state index contributed by atoms with van der Waals surface area (Å²) in [6.45, 7) is 0.437. The van der Waals surface area contributed by atoms with Crippen molar-refractivity contribution in [2.45, 2.75) is 24.2 Å². The van der Waals surface area contributed by atoms with Crippen LogP contribution in [0.25, 0.3) is 0 Å². The molecule has 2 rings (SSSR count). The van der Waals surface area contributed by atoms with E-state index in [0.717, 1.165) is 25.0 Å². The first-order valence-corrected chi connectivity index (χ1v) is 10.0. The first-order chi connectivity index (χ1) is 12.8. The third-order valence-corrected chi connectivity index (χ3v) is 5.52. The summed E-state index contributed by atoms with van der Waals surface area (Å²) in [6, 6.07) is 12.2. The molecule has 2 aromatic rings. The number of rotatable bonds is 9. The van der Waals surface area contributed by atoms with Gasteiger partial charge >= 0.3 is 0 Å². The number of carbonyl (C=O) groups excluding carboxylic acids is 1. The topological polar surface area (TPSA) is 66.5 Å². The van der Waals surface area contributed by atoms with Crippen molar-refractivity contribution in [3.63, 3.8) is 0 Å². The maximum Gasteiger partial charge on any atom is 0.240 e. The van der Waals surface area contributed by atoms with E-state index in [0.29, 0.717) is 12.6 Å². The van der Waals surface area contributed by atoms with E-state index in [1.807, 2.05) is 30.3 Å². The van der Waals surface area contributed by atoms with Crippen LogP contribution in [0.3, 0.4) is 0 Å². The van der Waals surface area contributed by atoms with Gasteiger partial charge in [0.15, 0.2) is 11.6 Å². The van der Waals surface area contributed by atoms with Crippen LogP contribution in [-0.4, -0.2) is 39.4 Å². The molecule has 0 saturated carbocycles. The number of halogens is 2. The first-order valence-electron chi connectivity index (χ1n) is 8.52. The lowest BCUT2D eigenvalue weighted by Crippen LogP contribution is -2.32. The fourth-order valence-electron chi connectivity index (χ4n) is 2.50. The number of nitrogens with one attached hydrogen (secondary N) is 1. The molecule has 0 spiro atoms.